The van der Waals surface area contributed by atoms with E-state index in [9.17, 15) is 9.59 Å². The molecule has 1 atom stereocenters. The lowest BCUT2D eigenvalue weighted by Gasteiger charge is -2.40. The van der Waals surface area contributed by atoms with Crippen LogP contribution in [0.4, 0.5) is 5.69 Å². The zero-order valence-electron chi connectivity index (χ0n) is 15.0. The number of rotatable bonds is 3. The second-order valence-electron chi connectivity index (χ2n) is 6.79. The molecule has 142 valence electrons. The molecule has 1 unspecified atom stereocenters. The van der Waals surface area contributed by atoms with Gasteiger partial charge in [0.1, 0.15) is 0 Å². The van der Waals surface area contributed by atoms with E-state index in [0.717, 1.165) is 38.2 Å². The van der Waals surface area contributed by atoms with Crippen LogP contribution in [0.15, 0.2) is 35.3 Å². The first kappa shape index (κ1) is 20.5. The monoisotopic (exact) mass is 471 g/mol. The molecule has 2 aliphatic rings. The molecular formula is C18H26IN5O2. The number of likely N-dealkylation sites (tertiary alicyclic amines) is 1. The summed E-state index contributed by atoms with van der Waals surface area (Å²) in [5.74, 6) is 0.727. The molecule has 0 aromatic heterocycles. The van der Waals surface area contributed by atoms with E-state index >= 15 is 0 Å². The Kier molecular flexibility index (Phi) is 7.24. The second kappa shape index (κ2) is 9.20. The fourth-order valence-electron chi connectivity index (χ4n) is 3.65. The van der Waals surface area contributed by atoms with Crippen LogP contribution in [0.2, 0.25) is 0 Å². The highest BCUT2D eigenvalue weighted by atomic mass is 127. The summed E-state index contributed by atoms with van der Waals surface area (Å²) in [5.41, 5.74) is 0.774. The molecule has 1 aromatic carbocycles. The summed E-state index contributed by atoms with van der Waals surface area (Å²) >= 11 is 0. The third kappa shape index (κ3) is 5.09. The molecule has 0 radical (unpaired) electrons. The molecule has 2 aliphatic heterocycles. The van der Waals surface area contributed by atoms with Crippen molar-refractivity contribution in [1.82, 2.24) is 15.5 Å². The molecule has 0 saturated carbocycles. The van der Waals surface area contributed by atoms with Crippen molar-refractivity contribution >= 4 is 47.4 Å². The molecule has 0 aliphatic carbocycles. The minimum Gasteiger partial charge on any atom is -0.355 e. The number of nitrogens with one attached hydrogen (secondary N) is 3. The van der Waals surface area contributed by atoms with E-state index in [0.29, 0.717) is 12.4 Å². The molecule has 2 saturated heterocycles. The lowest BCUT2D eigenvalue weighted by atomic mass is 9.79. The van der Waals surface area contributed by atoms with Crippen molar-refractivity contribution in [1.29, 1.82) is 0 Å². The van der Waals surface area contributed by atoms with Gasteiger partial charge < -0.3 is 20.9 Å². The van der Waals surface area contributed by atoms with Crippen molar-refractivity contribution in [3.05, 3.63) is 30.3 Å². The molecule has 0 bridgehead atoms. The van der Waals surface area contributed by atoms with Gasteiger partial charge in [-0.1, -0.05) is 18.2 Å². The van der Waals surface area contributed by atoms with Crippen LogP contribution in [0, 0.1) is 5.41 Å². The molecule has 2 heterocycles. The summed E-state index contributed by atoms with van der Waals surface area (Å²) in [6.07, 6.45) is 2.65. The minimum atomic E-state index is -0.114. The van der Waals surface area contributed by atoms with E-state index in [2.05, 4.69) is 25.8 Å². The maximum Gasteiger partial charge on any atom is 0.243 e. The van der Waals surface area contributed by atoms with Crippen molar-refractivity contribution in [3.8, 4) is 0 Å². The number of para-hydroxylation sites is 1. The first-order chi connectivity index (χ1) is 12.1. The number of carbonyl (C=O) groups excluding carboxylic acids is 2. The summed E-state index contributed by atoms with van der Waals surface area (Å²) < 4.78 is 0. The summed E-state index contributed by atoms with van der Waals surface area (Å²) in [5, 5.41) is 8.93. The van der Waals surface area contributed by atoms with Gasteiger partial charge >= 0.3 is 0 Å². The molecule has 1 aromatic rings. The molecule has 3 rings (SSSR count). The van der Waals surface area contributed by atoms with Gasteiger partial charge in [-0.3, -0.25) is 14.6 Å². The lowest BCUT2D eigenvalue weighted by molar-refractivity contribution is -0.120. The number of benzene rings is 1. The molecule has 26 heavy (non-hydrogen) atoms. The van der Waals surface area contributed by atoms with Crippen LogP contribution in [0.3, 0.4) is 0 Å². The molecule has 1 spiro atoms. The summed E-state index contributed by atoms with van der Waals surface area (Å²) in [6, 6.07) is 9.37. The Balaban J connectivity index is 0.00000243. The van der Waals surface area contributed by atoms with Gasteiger partial charge in [0.2, 0.25) is 11.8 Å². The Morgan fingerprint density at radius 2 is 2.12 bits per heavy atom. The van der Waals surface area contributed by atoms with Crippen LogP contribution in [0.5, 0.6) is 0 Å². The van der Waals surface area contributed by atoms with Crippen LogP contribution >= 0.6 is 24.0 Å². The summed E-state index contributed by atoms with van der Waals surface area (Å²) in [6.45, 7) is 2.55. The van der Waals surface area contributed by atoms with Crippen molar-refractivity contribution in [2.24, 2.45) is 10.4 Å². The normalized spacial score (nSPS) is 22.6. The number of hydrogen-bond donors (Lipinski definition) is 3. The van der Waals surface area contributed by atoms with E-state index in [1.165, 1.54) is 0 Å². The smallest absolute Gasteiger partial charge is 0.243 e. The van der Waals surface area contributed by atoms with Gasteiger partial charge in [0, 0.05) is 44.2 Å². The van der Waals surface area contributed by atoms with E-state index in [-0.39, 0.29) is 47.8 Å². The Labute approximate surface area is 171 Å². The number of nitrogens with zero attached hydrogens (tertiary/aromatic N) is 2. The minimum absolute atomic E-state index is 0. The Morgan fingerprint density at radius 1 is 1.35 bits per heavy atom. The zero-order valence-corrected chi connectivity index (χ0v) is 17.3. The van der Waals surface area contributed by atoms with E-state index in [4.69, 9.17) is 0 Å². The van der Waals surface area contributed by atoms with Gasteiger partial charge in [0.15, 0.2) is 5.96 Å². The predicted molar refractivity (Wildman–Crippen MR) is 113 cm³/mol. The van der Waals surface area contributed by atoms with Crippen LogP contribution in [-0.4, -0.2) is 55.9 Å². The number of carbonyl (C=O) groups is 2. The summed E-state index contributed by atoms with van der Waals surface area (Å²) in [7, 11) is 1.72. The first-order valence-electron chi connectivity index (χ1n) is 8.67. The van der Waals surface area contributed by atoms with Gasteiger partial charge in [-0.15, -0.1) is 24.0 Å². The predicted octanol–water partition coefficient (Wildman–Crippen LogP) is 1.42. The highest BCUT2D eigenvalue weighted by molar-refractivity contribution is 14.0. The van der Waals surface area contributed by atoms with Gasteiger partial charge in [0.05, 0.1) is 6.54 Å². The third-order valence-electron chi connectivity index (χ3n) is 4.83. The average Bonchev–Trinajstić information content (AvgIpc) is 2.96. The van der Waals surface area contributed by atoms with Crippen LogP contribution in [-0.2, 0) is 9.59 Å². The van der Waals surface area contributed by atoms with Crippen molar-refractivity contribution in [3.63, 3.8) is 0 Å². The van der Waals surface area contributed by atoms with Crippen molar-refractivity contribution < 1.29 is 9.59 Å². The molecule has 3 N–H and O–H groups in total. The maximum absolute atomic E-state index is 12.1. The van der Waals surface area contributed by atoms with Crippen LogP contribution in [0.25, 0.3) is 0 Å². The number of amides is 2. The molecular weight excluding hydrogens is 445 g/mol. The summed E-state index contributed by atoms with van der Waals surface area (Å²) in [4.78, 5) is 30.2. The average molecular weight is 471 g/mol. The van der Waals surface area contributed by atoms with Crippen molar-refractivity contribution in [2.75, 3.05) is 38.5 Å². The number of hydrogen-bond acceptors (Lipinski definition) is 3. The van der Waals surface area contributed by atoms with Crippen LogP contribution in [0.1, 0.15) is 19.3 Å². The van der Waals surface area contributed by atoms with Gasteiger partial charge in [-0.25, -0.2) is 0 Å². The Hall–Kier alpha value is -1.84. The van der Waals surface area contributed by atoms with Gasteiger partial charge in [-0.05, 0) is 25.0 Å². The number of piperidine rings is 1. The topological polar surface area (TPSA) is 85.8 Å². The Morgan fingerprint density at radius 3 is 2.77 bits per heavy atom. The molecule has 2 amide bonds. The van der Waals surface area contributed by atoms with E-state index in [1.807, 2.05) is 30.3 Å². The van der Waals surface area contributed by atoms with Crippen molar-refractivity contribution in [2.45, 2.75) is 19.3 Å². The van der Waals surface area contributed by atoms with Gasteiger partial charge in [0.25, 0.3) is 0 Å². The number of guanidine groups is 1. The quantitative estimate of drug-likeness (QED) is 0.354. The number of anilines is 1. The third-order valence-corrected chi connectivity index (χ3v) is 4.83. The number of aliphatic imine (C=N–C) groups is 1. The van der Waals surface area contributed by atoms with Gasteiger partial charge in [-0.2, -0.15) is 0 Å². The number of halogens is 1. The highest BCUT2D eigenvalue weighted by Gasteiger charge is 2.42. The zero-order chi connectivity index (χ0) is 17.7. The highest BCUT2D eigenvalue weighted by Crippen LogP contribution is 2.35. The molecule has 8 heteroatoms. The fraction of sp³-hybridized carbons (Fsp3) is 0.500. The van der Waals surface area contributed by atoms with Crippen LogP contribution < -0.4 is 16.0 Å². The maximum atomic E-state index is 12.1. The SMILES string of the molecule is CN=C(NCC(=O)Nc1ccccc1)N1CCCC2(CNC(=O)C2)C1.I. The largest absolute Gasteiger partial charge is 0.355 e. The van der Waals surface area contributed by atoms with E-state index < -0.39 is 0 Å². The first-order valence-corrected chi connectivity index (χ1v) is 8.67. The van der Waals surface area contributed by atoms with E-state index in [1.54, 1.807) is 7.05 Å². The molecule has 7 nitrogen and oxygen atoms in total. The lowest BCUT2D eigenvalue weighted by Crippen LogP contribution is -2.52. The fourth-order valence-corrected chi connectivity index (χ4v) is 3.65. The molecule has 2 fully saturated rings. The Bertz CT molecular complexity index is 667. The second-order valence-corrected chi connectivity index (χ2v) is 6.79. The standard InChI is InChI=1S/C18H25N5O2.HI/c1-19-17(20-11-16(25)22-14-6-3-2-4-7-14)23-9-5-8-18(13-23)10-15(24)21-12-18;/h2-4,6-7H,5,8-13H2,1H3,(H,19,20)(H,21,24)(H,22,25);1H.